The van der Waals surface area contributed by atoms with Crippen LogP contribution in [0.15, 0.2) is 18.2 Å². The third kappa shape index (κ3) is 2.94. The Kier molecular flexibility index (Phi) is 4.20. The minimum atomic E-state index is -0.792. The minimum absolute atomic E-state index is 0.104. The van der Waals surface area contributed by atoms with Crippen molar-refractivity contribution in [3.05, 3.63) is 35.4 Å². The molecule has 0 spiro atoms. The SMILES string of the molecule is CC1CCC(C(C)(C)c2ccc(F)c(F)c2)C(Cl)C1. The maximum absolute atomic E-state index is 13.4. The molecule has 1 aromatic carbocycles. The Balaban J connectivity index is 2.28. The van der Waals surface area contributed by atoms with Crippen molar-refractivity contribution < 1.29 is 8.78 Å². The van der Waals surface area contributed by atoms with Gasteiger partial charge in [0.2, 0.25) is 0 Å². The highest BCUT2D eigenvalue weighted by Gasteiger charge is 2.39. The maximum atomic E-state index is 13.4. The molecule has 106 valence electrons. The smallest absolute Gasteiger partial charge is 0.159 e. The highest BCUT2D eigenvalue weighted by Crippen LogP contribution is 2.44. The molecule has 3 unspecified atom stereocenters. The monoisotopic (exact) mass is 286 g/mol. The van der Waals surface area contributed by atoms with E-state index in [1.54, 1.807) is 6.07 Å². The van der Waals surface area contributed by atoms with E-state index in [1.165, 1.54) is 12.1 Å². The Bertz CT molecular complexity index is 456. The second-order valence-electron chi connectivity index (χ2n) is 6.39. The first-order valence-electron chi connectivity index (χ1n) is 6.92. The molecule has 19 heavy (non-hydrogen) atoms. The predicted molar refractivity (Wildman–Crippen MR) is 75.5 cm³/mol. The van der Waals surface area contributed by atoms with Gasteiger partial charge in [0.05, 0.1) is 0 Å². The van der Waals surface area contributed by atoms with Crippen molar-refractivity contribution in [1.29, 1.82) is 0 Å². The van der Waals surface area contributed by atoms with E-state index in [-0.39, 0.29) is 10.8 Å². The lowest BCUT2D eigenvalue weighted by atomic mass is 9.65. The molecular weight excluding hydrogens is 266 g/mol. The van der Waals surface area contributed by atoms with Crippen molar-refractivity contribution in [1.82, 2.24) is 0 Å². The number of halogens is 3. The number of benzene rings is 1. The van der Waals surface area contributed by atoms with Crippen molar-refractivity contribution in [3.8, 4) is 0 Å². The average molecular weight is 287 g/mol. The lowest BCUT2D eigenvalue weighted by Gasteiger charge is -2.42. The highest BCUT2D eigenvalue weighted by atomic mass is 35.5. The lowest BCUT2D eigenvalue weighted by Crippen LogP contribution is -2.38. The van der Waals surface area contributed by atoms with Gasteiger partial charge in [-0.1, -0.05) is 33.3 Å². The van der Waals surface area contributed by atoms with Crippen LogP contribution in [0.1, 0.15) is 45.6 Å². The molecule has 0 N–H and O–H groups in total. The lowest BCUT2D eigenvalue weighted by molar-refractivity contribution is 0.207. The number of hydrogen-bond acceptors (Lipinski definition) is 0. The molecule has 0 radical (unpaired) electrons. The quantitative estimate of drug-likeness (QED) is 0.648. The van der Waals surface area contributed by atoms with Crippen LogP contribution < -0.4 is 0 Å². The largest absolute Gasteiger partial charge is 0.204 e. The molecule has 0 aliphatic heterocycles. The van der Waals surface area contributed by atoms with Crippen molar-refractivity contribution in [3.63, 3.8) is 0 Å². The summed E-state index contributed by atoms with van der Waals surface area (Å²) in [6.45, 7) is 6.38. The van der Waals surface area contributed by atoms with E-state index < -0.39 is 11.6 Å². The van der Waals surface area contributed by atoms with Crippen LogP contribution in [0.2, 0.25) is 0 Å². The van der Waals surface area contributed by atoms with Gasteiger partial charge in [0.1, 0.15) is 0 Å². The van der Waals surface area contributed by atoms with E-state index in [0.29, 0.717) is 11.8 Å². The summed E-state index contributed by atoms with van der Waals surface area (Å²) in [6, 6.07) is 4.21. The fourth-order valence-corrected chi connectivity index (χ4v) is 3.98. The summed E-state index contributed by atoms with van der Waals surface area (Å²) in [7, 11) is 0. The van der Waals surface area contributed by atoms with E-state index in [2.05, 4.69) is 20.8 Å². The van der Waals surface area contributed by atoms with Gasteiger partial charge in [0, 0.05) is 5.38 Å². The van der Waals surface area contributed by atoms with Gasteiger partial charge in [-0.15, -0.1) is 11.6 Å². The van der Waals surface area contributed by atoms with Gasteiger partial charge in [-0.3, -0.25) is 0 Å². The van der Waals surface area contributed by atoms with E-state index in [0.717, 1.165) is 24.8 Å². The summed E-state index contributed by atoms with van der Waals surface area (Å²) in [5, 5.41) is 0.104. The zero-order valence-corrected chi connectivity index (χ0v) is 12.5. The summed E-state index contributed by atoms with van der Waals surface area (Å²) >= 11 is 6.52. The van der Waals surface area contributed by atoms with Crippen LogP contribution in [0.3, 0.4) is 0 Å². The van der Waals surface area contributed by atoms with Crippen LogP contribution in [0.25, 0.3) is 0 Å². The first kappa shape index (κ1) is 14.8. The summed E-state index contributed by atoms with van der Waals surface area (Å²) in [6.07, 6.45) is 3.20. The van der Waals surface area contributed by atoms with E-state index in [4.69, 9.17) is 11.6 Å². The summed E-state index contributed by atoms with van der Waals surface area (Å²) in [5.41, 5.74) is 0.595. The molecule has 2 rings (SSSR count). The minimum Gasteiger partial charge on any atom is -0.204 e. The zero-order chi connectivity index (χ0) is 14.2. The molecule has 0 saturated heterocycles. The second kappa shape index (κ2) is 5.40. The third-order valence-electron chi connectivity index (χ3n) is 4.63. The molecule has 3 heteroatoms. The fraction of sp³-hybridized carbons (Fsp3) is 0.625. The third-order valence-corrected chi connectivity index (χ3v) is 5.11. The molecule has 0 bridgehead atoms. The van der Waals surface area contributed by atoms with Gasteiger partial charge in [-0.05, 0) is 47.8 Å². The van der Waals surface area contributed by atoms with Gasteiger partial charge in [-0.25, -0.2) is 8.78 Å². The van der Waals surface area contributed by atoms with Gasteiger partial charge in [0.15, 0.2) is 11.6 Å². The molecule has 1 aliphatic carbocycles. The Hall–Kier alpha value is -0.630. The zero-order valence-electron chi connectivity index (χ0n) is 11.7. The van der Waals surface area contributed by atoms with Gasteiger partial charge in [0.25, 0.3) is 0 Å². The molecule has 3 atom stereocenters. The molecule has 1 aliphatic rings. The normalized spacial score (nSPS) is 28.4. The van der Waals surface area contributed by atoms with Gasteiger partial charge in [-0.2, -0.15) is 0 Å². The molecule has 0 amide bonds. The summed E-state index contributed by atoms with van der Waals surface area (Å²) in [4.78, 5) is 0. The molecule has 1 aromatic rings. The highest BCUT2D eigenvalue weighted by molar-refractivity contribution is 6.20. The van der Waals surface area contributed by atoms with Crippen LogP contribution in [0.4, 0.5) is 8.78 Å². The van der Waals surface area contributed by atoms with Crippen molar-refractivity contribution in [2.75, 3.05) is 0 Å². The van der Waals surface area contributed by atoms with Crippen molar-refractivity contribution in [2.45, 2.75) is 50.8 Å². The average Bonchev–Trinajstić information content (AvgIpc) is 2.32. The Morgan fingerprint density at radius 2 is 1.84 bits per heavy atom. The molecule has 1 saturated carbocycles. The molecule has 0 aromatic heterocycles. The van der Waals surface area contributed by atoms with E-state index in [9.17, 15) is 8.78 Å². The topological polar surface area (TPSA) is 0 Å². The summed E-state index contributed by atoms with van der Waals surface area (Å²) in [5.74, 6) is -0.616. The number of rotatable bonds is 2. The second-order valence-corrected chi connectivity index (χ2v) is 6.95. The predicted octanol–water partition coefficient (Wildman–Crippen LogP) is 5.29. The molecule has 0 nitrogen and oxygen atoms in total. The Morgan fingerprint density at radius 3 is 2.42 bits per heavy atom. The van der Waals surface area contributed by atoms with E-state index >= 15 is 0 Å². The maximum Gasteiger partial charge on any atom is 0.159 e. The van der Waals surface area contributed by atoms with Crippen LogP contribution in [0.5, 0.6) is 0 Å². The van der Waals surface area contributed by atoms with Gasteiger partial charge < -0.3 is 0 Å². The van der Waals surface area contributed by atoms with Crippen molar-refractivity contribution >= 4 is 11.6 Å². The standard InChI is InChI=1S/C16H21ClF2/c1-10-4-6-12(13(17)8-10)16(2,3)11-5-7-14(18)15(19)9-11/h5,7,9-10,12-13H,4,6,8H2,1-3H3. The Labute approximate surface area is 119 Å². The Morgan fingerprint density at radius 1 is 1.16 bits per heavy atom. The van der Waals surface area contributed by atoms with E-state index in [1.807, 2.05) is 0 Å². The van der Waals surface area contributed by atoms with Crippen molar-refractivity contribution in [2.24, 2.45) is 11.8 Å². The van der Waals surface area contributed by atoms with Crippen LogP contribution in [-0.2, 0) is 5.41 Å². The first-order valence-corrected chi connectivity index (χ1v) is 7.35. The molecule has 1 fully saturated rings. The fourth-order valence-electron chi connectivity index (χ4n) is 3.24. The van der Waals surface area contributed by atoms with Crippen LogP contribution in [0, 0.1) is 23.5 Å². The first-order chi connectivity index (χ1) is 8.82. The molecular formula is C16H21ClF2. The van der Waals surface area contributed by atoms with Crippen LogP contribution in [-0.4, -0.2) is 5.38 Å². The van der Waals surface area contributed by atoms with Gasteiger partial charge >= 0.3 is 0 Å². The molecule has 0 heterocycles. The summed E-state index contributed by atoms with van der Waals surface area (Å²) < 4.78 is 26.5. The number of alkyl halides is 1. The number of hydrogen-bond donors (Lipinski definition) is 0. The van der Waals surface area contributed by atoms with Crippen LogP contribution >= 0.6 is 11.6 Å².